The van der Waals surface area contributed by atoms with Gasteiger partial charge in [-0.05, 0) is 44.2 Å². The second-order valence-corrected chi connectivity index (χ2v) is 8.47. The van der Waals surface area contributed by atoms with Crippen molar-refractivity contribution in [3.8, 4) is 11.3 Å². The van der Waals surface area contributed by atoms with Crippen LogP contribution in [0.5, 0.6) is 0 Å². The number of anilines is 2. The van der Waals surface area contributed by atoms with Gasteiger partial charge in [-0.1, -0.05) is 36.9 Å². The van der Waals surface area contributed by atoms with Crippen LogP contribution in [0.4, 0.5) is 11.4 Å². The largest absolute Gasteiger partial charge is 0.325 e. The molecule has 0 saturated heterocycles. The van der Waals surface area contributed by atoms with E-state index in [9.17, 15) is 19.2 Å². The fourth-order valence-electron chi connectivity index (χ4n) is 2.84. The van der Waals surface area contributed by atoms with Crippen LogP contribution in [0.15, 0.2) is 58.5 Å². The molecule has 0 aliphatic rings. The molecule has 1 atom stereocenters. The van der Waals surface area contributed by atoms with Gasteiger partial charge in [-0.2, -0.15) is 0 Å². The number of aromatic nitrogens is 3. The third kappa shape index (κ3) is 6.13. The number of thioether (sulfide) groups is 1. The van der Waals surface area contributed by atoms with Crippen LogP contribution in [-0.2, 0) is 9.59 Å². The van der Waals surface area contributed by atoms with Crippen LogP contribution in [0, 0.1) is 0 Å². The molecule has 3 aromatic rings. The zero-order valence-corrected chi connectivity index (χ0v) is 19.2. The minimum absolute atomic E-state index is 0.0573. The quantitative estimate of drug-likeness (QED) is 0.342. The standard InChI is InChI=1S/C23H23N5O4S/c1-4-19(30)25-18-8-6-5-7-17(18)20-22(32)26-23(28-27-20)33-14(3)21(31)24-16-11-9-15(10-12-16)13(2)29/h5-12,14H,4H2,1-3H3,(H,24,31)(H,25,30)(H,26,28,32)/t14-/m0/s1. The monoisotopic (exact) mass is 465 g/mol. The van der Waals surface area contributed by atoms with E-state index < -0.39 is 10.8 Å². The number of hydrogen-bond donors (Lipinski definition) is 3. The summed E-state index contributed by atoms with van der Waals surface area (Å²) < 4.78 is 0. The Morgan fingerprint density at radius 3 is 2.36 bits per heavy atom. The highest BCUT2D eigenvalue weighted by molar-refractivity contribution is 8.00. The molecule has 33 heavy (non-hydrogen) atoms. The number of carbonyl (C=O) groups is 3. The molecule has 0 aliphatic carbocycles. The van der Waals surface area contributed by atoms with Crippen molar-refractivity contribution in [2.75, 3.05) is 10.6 Å². The highest BCUT2D eigenvalue weighted by atomic mass is 32.2. The van der Waals surface area contributed by atoms with Gasteiger partial charge in [0.25, 0.3) is 5.56 Å². The number of amides is 2. The van der Waals surface area contributed by atoms with Gasteiger partial charge in [-0.25, -0.2) is 0 Å². The molecule has 1 heterocycles. The lowest BCUT2D eigenvalue weighted by Crippen LogP contribution is -2.23. The Hall–Kier alpha value is -3.79. The Morgan fingerprint density at radius 1 is 1.03 bits per heavy atom. The highest BCUT2D eigenvalue weighted by Crippen LogP contribution is 2.25. The van der Waals surface area contributed by atoms with Gasteiger partial charge in [0.05, 0.1) is 10.9 Å². The lowest BCUT2D eigenvalue weighted by molar-refractivity contribution is -0.116. The molecule has 0 spiro atoms. The van der Waals surface area contributed by atoms with Crippen LogP contribution in [0.1, 0.15) is 37.6 Å². The molecule has 3 rings (SSSR count). The summed E-state index contributed by atoms with van der Waals surface area (Å²) in [7, 11) is 0. The number of hydrogen-bond acceptors (Lipinski definition) is 7. The molecule has 3 N–H and O–H groups in total. The number of H-pyrrole nitrogens is 1. The average Bonchev–Trinajstić information content (AvgIpc) is 2.80. The Kier molecular flexibility index (Phi) is 7.73. The van der Waals surface area contributed by atoms with E-state index in [1.54, 1.807) is 62.4 Å². The van der Waals surface area contributed by atoms with E-state index in [0.29, 0.717) is 28.9 Å². The minimum atomic E-state index is -0.579. The van der Waals surface area contributed by atoms with Crippen LogP contribution in [0.25, 0.3) is 11.3 Å². The maximum absolute atomic E-state index is 12.7. The molecule has 2 aromatic carbocycles. The number of carbonyl (C=O) groups excluding carboxylic acids is 3. The molecule has 0 bridgehead atoms. The zero-order valence-electron chi connectivity index (χ0n) is 18.3. The van der Waals surface area contributed by atoms with Gasteiger partial charge in [-0.15, -0.1) is 10.2 Å². The van der Waals surface area contributed by atoms with E-state index in [2.05, 4.69) is 25.8 Å². The van der Waals surface area contributed by atoms with E-state index in [-0.39, 0.29) is 28.4 Å². The molecule has 9 nitrogen and oxygen atoms in total. The molecule has 0 aliphatic heterocycles. The molecule has 170 valence electrons. The van der Waals surface area contributed by atoms with Gasteiger partial charge in [0.1, 0.15) is 0 Å². The number of ketones is 1. The second kappa shape index (κ2) is 10.7. The lowest BCUT2D eigenvalue weighted by Gasteiger charge is -2.12. The van der Waals surface area contributed by atoms with Gasteiger partial charge in [0.2, 0.25) is 11.8 Å². The fraction of sp³-hybridized carbons (Fsp3) is 0.217. The molecule has 0 radical (unpaired) electrons. The van der Waals surface area contributed by atoms with Crippen LogP contribution in [0.2, 0.25) is 0 Å². The summed E-state index contributed by atoms with van der Waals surface area (Å²) in [6.45, 7) is 4.88. The number of nitrogens with zero attached hydrogens (tertiary/aromatic N) is 2. The van der Waals surface area contributed by atoms with Gasteiger partial charge >= 0.3 is 0 Å². The Morgan fingerprint density at radius 2 is 1.73 bits per heavy atom. The van der Waals surface area contributed by atoms with Crippen molar-refractivity contribution in [1.82, 2.24) is 15.2 Å². The zero-order chi connectivity index (χ0) is 24.0. The summed E-state index contributed by atoms with van der Waals surface area (Å²) >= 11 is 1.05. The summed E-state index contributed by atoms with van der Waals surface area (Å²) in [6, 6.07) is 13.4. The van der Waals surface area contributed by atoms with E-state index in [1.165, 1.54) is 6.92 Å². The van der Waals surface area contributed by atoms with Crippen molar-refractivity contribution in [3.05, 3.63) is 64.4 Å². The predicted molar refractivity (Wildman–Crippen MR) is 127 cm³/mol. The predicted octanol–water partition coefficient (Wildman–Crippen LogP) is 3.50. The van der Waals surface area contributed by atoms with Gasteiger partial charge < -0.3 is 10.6 Å². The smallest absolute Gasteiger partial charge is 0.278 e. The lowest BCUT2D eigenvalue weighted by atomic mass is 10.1. The first-order valence-electron chi connectivity index (χ1n) is 10.2. The first-order valence-corrected chi connectivity index (χ1v) is 11.1. The molecule has 0 fully saturated rings. The van der Waals surface area contributed by atoms with Crippen molar-refractivity contribution < 1.29 is 14.4 Å². The number of Topliss-reactive ketones (excluding diaryl/α,β-unsaturated/α-hetero) is 1. The Bertz CT molecular complexity index is 1240. The van der Waals surface area contributed by atoms with Crippen LogP contribution in [0.3, 0.4) is 0 Å². The van der Waals surface area contributed by atoms with Gasteiger partial charge in [0.15, 0.2) is 16.6 Å². The summed E-state index contributed by atoms with van der Waals surface area (Å²) in [6.07, 6.45) is 0.298. The van der Waals surface area contributed by atoms with Gasteiger partial charge in [0, 0.05) is 23.2 Å². The fourth-order valence-corrected chi connectivity index (χ4v) is 3.58. The Balaban J connectivity index is 1.71. The third-order valence-corrected chi connectivity index (χ3v) is 5.64. The summed E-state index contributed by atoms with van der Waals surface area (Å²) in [5.41, 5.74) is 1.60. The molecule has 0 saturated carbocycles. The van der Waals surface area contributed by atoms with Crippen molar-refractivity contribution in [3.63, 3.8) is 0 Å². The van der Waals surface area contributed by atoms with Crippen LogP contribution >= 0.6 is 11.8 Å². The minimum Gasteiger partial charge on any atom is -0.325 e. The normalized spacial score (nSPS) is 11.5. The number of aromatic amines is 1. The summed E-state index contributed by atoms with van der Waals surface area (Å²) in [5, 5.41) is 13.2. The van der Waals surface area contributed by atoms with Crippen molar-refractivity contribution >= 4 is 40.7 Å². The first-order chi connectivity index (χ1) is 15.8. The third-order valence-electron chi connectivity index (χ3n) is 4.67. The first kappa shape index (κ1) is 23.9. The molecule has 1 aromatic heterocycles. The summed E-state index contributed by atoms with van der Waals surface area (Å²) in [4.78, 5) is 51.0. The highest BCUT2D eigenvalue weighted by Gasteiger charge is 2.18. The van der Waals surface area contributed by atoms with Crippen LogP contribution in [-0.4, -0.2) is 38.0 Å². The van der Waals surface area contributed by atoms with Gasteiger partial charge in [-0.3, -0.25) is 24.2 Å². The second-order valence-electron chi connectivity index (χ2n) is 7.14. The average molecular weight is 466 g/mol. The molecule has 10 heteroatoms. The van der Waals surface area contributed by atoms with E-state index >= 15 is 0 Å². The Labute approximate surface area is 194 Å². The molecular formula is C23H23N5O4S. The van der Waals surface area contributed by atoms with Crippen molar-refractivity contribution in [2.24, 2.45) is 0 Å². The van der Waals surface area contributed by atoms with Crippen molar-refractivity contribution in [2.45, 2.75) is 37.6 Å². The molecular weight excluding hydrogens is 442 g/mol. The SMILES string of the molecule is CCC(=O)Nc1ccccc1-c1nnc(S[C@@H](C)C(=O)Nc2ccc(C(C)=O)cc2)[nH]c1=O. The van der Waals surface area contributed by atoms with Crippen molar-refractivity contribution in [1.29, 1.82) is 0 Å². The maximum atomic E-state index is 12.7. The maximum Gasteiger partial charge on any atom is 0.278 e. The number of para-hydroxylation sites is 1. The van der Waals surface area contributed by atoms with E-state index in [1.807, 2.05) is 0 Å². The topological polar surface area (TPSA) is 134 Å². The van der Waals surface area contributed by atoms with E-state index in [4.69, 9.17) is 0 Å². The molecule has 2 amide bonds. The molecule has 0 unspecified atom stereocenters. The van der Waals surface area contributed by atoms with Crippen LogP contribution < -0.4 is 16.2 Å². The van der Waals surface area contributed by atoms with E-state index in [0.717, 1.165) is 11.8 Å². The number of nitrogens with one attached hydrogen (secondary N) is 3. The number of benzene rings is 2. The summed E-state index contributed by atoms with van der Waals surface area (Å²) in [5.74, 6) is -0.539. The number of rotatable bonds is 8.